The molecule has 0 bridgehead atoms. The van der Waals surface area contributed by atoms with Crippen molar-refractivity contribution >= 4 is 5.82 Å². The van der Waals surface area contributed by atoms with Crippen molar-refractivity contribution in [1.29, 1.82) is 5.26 Å². The van der Waals surface area contributed by atoms with Crippen molar-refractivity contribution in [1.82, 2.24) is 9.55 Å². The average Bonchev–Trinajstić information content (AvgIpc) is 2.70. The van der Waals surface area contributed by atoms with Gasteiger partial charge in [0.15, 0.2) is 0 Å². The van der Waals surface area contributed by atoms with E-state index in [0.717, 1.165) is 12.8 Å². The van der Waals surface area contributed by atoms with E-state index in [1.54, 1.807) is 17.1 Å². The Labute approximate surface area is 64.3 Å². The molecular formula is C7H8N4. The molecule has 1 aromatic heterocycles. The van der Waals surface area contributed by atoms with Gasteiger partial charge < -0.3 is 10.3 Å². The number of anilines is 1. The fourth-order valence-electron chi connectivity index (χ4n) is 1.12. The predicted molar refractivity (Wildman–Crippen MR) is 39.5 cm³/mol. The van der Waals surface area contributed by atoms with Crippen LogP contribution in [0.3, 0.4) is 0 Å². The molecule has 0 aromatic carbocycles. The van der Waals surface area contributed by atoms with Gasteiger partial charge in [-0.05, 0) is 12.8 Å². The van der Waals surface area contributed by atoms with Gasteiger partial charge in [0, 0.05) is 6.20 Å². The van der Waals surface area contributed by atoms with E-state index in [4.69, 9.17) is 11.0 Å². The molecule has 0 spiro atoms. The van der Waals surface area contributed by atoms with Crippen molar-refractivity contribution in [2.45, 2.75) is 18.4 Å². The third-order valence-electron chi connectivity index (χ3n) is 2.03. The van der Waals surface area contributed by atoms with E-state index in [-0.39, 0.29) is 5.54 Å². The highest BCUT2D eigenvalue weighted by Crippen LogP contribution is 2.42. The number of nitrogens with two attached hydrogens (primary N) is 1. The zero-order chi connectivity index (χ0) is 7.90. The minimum absolute atomic E-state index is 0.315. The molecule has 1 aromatic rings. The number of nitrogen functional groups attached to an aromatic ring is 1. The van der Waals surface area contributed by atoms with Gasteiger partial charge >= 0.3 is 0 Å². The molecule has 2 N–H and O–H groups in total. The summed E-state index contributed by atoms with van der Waals surface area (Å²) in [5, 5.41) is 8.78. The van der Waals surface area contributed by atoms with Crippen LogP contribution in [0.1, 0.15) is 12.8 Å². The first-order valence-electron chi connectivity index (χ1n) is 3.48. The molecule has 1 aliphatic carbocycles. The highest BCUT2D eigenvalue weighted by molar-refractivity contribution is 5.27. The van der Waals surface area contributed by atoms with Crippen LogP contribution in [0.25, 0.3) is 0 Å². The molecule has 1 aliphatic rings. The van der Waals surface area contributed by atoms with Gasteiger partial charge in [-0.3, -0.25) is 0 Å². The molecule has 2 rings (SSSR count). The zero-order valence-corrected chi connectivity index (χ0v) is 5.99. The third kappa shape index (κ3) is 0.777. The summed E-state index contributed by atoms with van der Waals surface area (Å²) >= 11 is 0. The summed E-state index contributed by atoms with van der Waals surface area (Å²) in [5.41, 5.74) is 5.10. The normalized spacial score (nSPS) is 19.2. The zero-order valence-electron chi connectivity index (χ0n) is 5.99. The molecule has 56 valence electrons. The topological polar surface area (TPSA) is 67.6 Å². The third-order valence-corrected chi connectivity index (χ3v) is 2.03. The van der Waals surface area contributed by atoms with E-state index in [9.17, 15) is 0 Å². The number of imidazole rings is 1. The van der Waals surface area contributed by atoms with Gasteiger partial charge in [0.2, 0.25) is 0 Å². The van der Waals surface area contributed by atoms with Crippen LogP contribution in [-0.2, 0) is 5.54 Å². The summed E-state index contributed by atoms with van der Waals surface area (Å²) in [4.78, 5) is 3.86. The Morgan fingerprint density at radius 1 is 1.73 bits per heavy atom. The molecule has 11 heavy (non-hydrogen) atoms. The molecule has 4 heteroatoms. The van der Waals surface area contributed by atoms with E-state index in [1.807, 2.05) is 0 Å². The predicted octanol–water partition coefficient (Wildman–Crippen LogP) is 0.478. The smallest absolute Gasteiger partial charge is 0.141 e. The fourth-order valence-corrected chi connectivity index (χ4v) is 1.12. The number of hydrogen-bond donors (Lipinski definition) is 1. The number of hydrogen-bond acceptors (Lipinski definition) is 3. The number of nitrogens with zero attached hydrogens (tertiary/aromatic N) is 3. The molecule has 0 saturated heterocycles. The van der Waals surface area contributed by atoms with E-state index in [2.05, 4.69) is 11.1 Å². The Kier molecular flexibility index (Phi) is 0.994. The Morgan fingerprint density at radius 3 is 2.82 bits per heavy atom. The molecule has 1 saturated carbocycles. The molecule has 0 aliphatic heterocycles. The van der Waals surface area contributed by atoms with Crippen LogP contribution in [-0.4, -0.2) is 9.55 Å². The maximum atomic E-state index is 8.78. The standard InChI is InChI=1S/C7H8N4/c8-4-7(1-2-7)11-3-6(9)10-5-11/h3,5H,1-2,9H2. The van der Waals surface area contributed by atoms with Crippen molar-refractivity contribution in [3.8, 4) is 6.07 Å². The Balaban J connectivity index is 2.38. The van der Waals surface area contributed by atoms with E-state index in [1.165, 1.54) is 0 Å². The van der Waals surface area contributed by atoms with Gasteiger partial charge in [-0.15, -0.1) is 0 Å². The molecule has 0 amide bonds. The quantitative estimate of drug-likeness (QED) is 0.629. The summed E-state index contributed by atoms with van der Waals surface area (Å²) in [6, 6.07) is 2.25. The summed E-state index contributed by atoms with van der Waals surface area (Å²) in [5.74, 6) is 0.478. The second-order valence-corrected chi connectivity index (χ2v) is 2.85. The van der Waals surface area contributed by atoms with E-state index in [0.29, 0.717) is 5.82 Å². The number of nitriles is 1. The maximum absolute atomic E-state index is 8.78. The van der Waals surface area contributed by atoms with Crippen LogP contribution in [0.2, 0.25) is 0 Å². The van der Waals surface area contributed by atoms with Crippen LogP contribution in [0.5, 0.6) is 0 Å². The molecule has 0 unspecified atom stereocenters. The van der Waals surface area contributed by atoms with Crippen molar-refractivity contribution in [2.24, 2.45) is 0 Å². The van der Waals surface area contributed by atoms with Crippen molar-refractivity contribution < 1.29 is 0 Å². The second kappa shape index (κ2) is 1.76. The van der Waals surface area contributed by atoms with Gasteiger partial charge in [0.25, 0.3) is 0 Å². The van der Waals surface area contributed by atoms with Gasteiger partial charge in [0.05, 0.1) is 12.4 Å². The lowest BCUT2D eigenvalue weighted by Crippen LogP contribution is -2.11. The highest BCUT2D eigenvalue weighted by atomic mass is 15.1. The lowest BCUT2D eigenvalue weighted by molar-refractivity contribution is 0.608. The first-order chi connectivity index (χ1) is 5.27. The maximum Gasteiger partial charge on any atom is 0.141 e. The molecule has 1 heterocycles. The van der Waals surface area contributed by atoms with Crippen LogP contribution in [0.4, 0.5) is 5.82 Å². The van der Waals surface area contributed by atoms with E-state index >= 15 is 0 Å². The van der Waals surface area contributed by atoms with Gasteiger partial charge in [0.1, 0.15) is 11.4 Å². The summed E-state index contributed by atoms with van der Waals surface area (Å²) in [6.07, 6.45) is 5.15. The monoisotopic (exact) mass is 148 g/mol. The Hall–Kier alpha value is -1.50. The van der Waals surface area contributed by atoms with Crippen LogP contribution >= 0.6 is 0 Å². The SMILES string of the molecule is N#CC1(n2cnc(N)c2)CC1. The summed E-state index contributed by atoms with van der Waals surface area (Å²) in [7, 11) is 0. The minimum atomic E-state index is -0.315. The second-order valence-electron chi connectivity index (χ2n) is 2.85. The van der Waals surface area contributed by atoms with Crippen LogP contribution in [0, 0.1) is 11.3 Å². The number of rotatable bonds is 1. The molecule has 0 radical (unpaired) electrons. The lowest BCUT2D eigenvalue weighted by atomic mass is 10.3. The Bertz CT molecular complexity index is 315. The highest BCUT2D eigenvalue weighted by Gasteiger charge is 2.45. The van der Waals surface area contributed by atoms with Crippen LogP contribution < -0.4 is 5.73 Å². The van der Waals surface area contributed by atoms with E-state index < -0.39 is 0 Å². The van der Waals surface area contributed by atoms with Gasteiger partial charge in [-0.1, -0.05) is 0 Å². The molecular weight excluding hydrogens is 140 g/mol. The first-order valence-corrected chi connectivity index (χ1v) is 3.48. The first kappa shape index (κ1) is 6.23. The molecule has 0 atom stereocenters. The summed E-state index contributed by atoms with van der Waals surface area (Å²) < 4.78 is 1.79. The van der Waals surface area contributed by atoms with Gasteiger partial charge in [-0.2, -0.15) is 5.26 Å². The molecule has 1 fully saturated rings. The summed E-state index contributed by atoms with van der Waals surface area (Å²) in [6.45, 7) is 0. The number of aromatic nitrogens is 2. The van der Waals surface area contributed by atoms with Crippen molar-refractivity contribution in [3.05, 3.63) is 12.5 Å². The fraction of sp³-hybridized carbons (Fsp3) is 0.429. The van der Waals surface area contributed by atoms with Crippen molar-refractivity contribution in [2.75, 3.05) is 5.73 Å². The van der Waals surface area contributed by atoms with Crippen molar-refractivity contribution in [3.63, 3.8) is 0 Å². The Morgan fingerprint density at radius 2 is 2.45 bits per heavy atom. The minimum Gasteiger partial charge on any atom is -0.382 e. The van der Waals surface area contributed by atoms with Gasteiger partial charge in [-0.25, -0.2) is 4.98 Å². The molecule has 4 nitrogen and oxygen atoms in total. The largest absolute Gasteiger partial charge is 0.382 e. The lowest BCUT2D eigenvalue weighted by Gasteiger charge is -2.04. The van der Waals surface area contributed by atoms with Crippen LogP contribution in [0.15, 0.2) is 12.5 Å². The average molecular weight is 148 g/mol.